The standard InChI is InChI=1S/C26H28NO3P/c1-3-29-31(28,30-4-2)26-24-18-12-11-17-23(24)19-25(22-15-9-6-10-16-22)27(26)20-21-13-7-5-8-14-21/h5-19,26H,3-4,20H2,1-2H3. The lowest BCUT2D eigenvalue weighted by molar-refractivity contribution is 0.185. The van der Waals surface area contributed by atoms with Gasteiger partial charge >= 0.3 is 7.60 Å². The maximum Gasteiger partial charge on any atom is 0.357 e. The van der Waals surface area contributed by atoms with E-state index in [2.05, 4.69) is 41.3 Å². The van der Waals surface area contributed by atoms with Gasteiger partial charge in [0.05, 0.1) is 13.2 Å². The third-order valence-electron chi connectivity index (χ3n) is 5.35. The Morgan fingerprint density at radius 3 is 2.03 bits per heavy atom. The quantitative estimate of drug-likeness (QED) is 0.360. The van der Waals surface area contributed by atoms with Crippen molar-refractivity contribution in [1.29, 1.82) is 0 Å². The van der Waals surface area contributed by atoms with Gasteiger partial charge in [-0.05, 0) is 42.2 Å². The molecule has 0 fully saturated rings. The van der Waals surface area contributed by atoms with Crippen LogP contribution in [0.4, 0.5) is 0 Å². The van der Waals surface area contributed by atoms with E-state index >= 15 is 0 Å². The van der Waals surface area contributed by atoms with Gasteiger partial charge in [-0.2, -0.15) is 0 Å². The van der Waals surface area contributed by atoms with Gasteiger partial charge in [-0.25, -0.2) is 0 Å². The molecule has 3 aromatic rings. The molecule has 4 rings (SSSR count). The number of fused-ring (bicyclic) bond motifs is 1. The average Bonchev–Trinajstić information content (AvgIpc) is 2.80. The largest absolute Gasteiger partial charge is 0.357 e. The normalized spacial score (nSPS) is 16.0. The summed E-state index contributed by atoms with van der Waals surface area (Å²) in [4.78, 5) is 2.18. The molecule has 3 aromatic carbocycles. The van der Waals surface area contributed by atoms with Gasteiger partial charge in [-0.3, -0.25) is 4.57 Å². The molecule has 0 amide bonds. The molecule has 5 heteroatoms. The molecule has 0 spiro atoms. The maximum atomic E-state index is 14.2. The van der Waals surface area contributed by atoms with Crippen LogP contribution in [0, 0.1) is 0 Å². The Kier molecular flexibility index (Phi) is 6.72. The Labute approximate surface area is 184 Å². The Hall–Kier alpha value is -2.65. The summed E-state index contributed by atoms with van der Waals surface area (Å²) in [5.41, 5.74) is 5.21. The van der Waals surface area contributed by atoms with Crippen LogP contribution in [0.15, 0.2) is 84.9 Å². The van der Waals surface area contributed by atoms with Crippen LogP contribution in [0.2, 0.25) is 0 Å². The van der Waals surface area contributed by atoms with Crippen LogP contribution < -0.4 is 0 Å². The van der Waals surface area contributed by atoms with E-state index in [0.717, 1.165) is 28.0 Å². The number of nitrogens with zero attached hydrogens (tertiary/aromatic N) is 1. The zero-order valence-electron chi connectivity index (χ0n) is 18.0. The second-order valence-corrected chi connectivity index (χ2v) is 9.47. The van der Waals surface area contributed by atoms with E-state index in [0.29, 0.717) is 19.8 Å². The fraction of sp³-hybridized carbons (Fsp3) is 0.231. The lowest BCUT2D eigenvalue weighted by Gasteiger charge is -2.42. The summed E-state index contributed by atoms with van der Waals surface area (Å²) in [5.74, 6) is -0.538. The molecule has 31 heavy (non-hydrogen) atoms. The van der Waals surface area contributed by atoms with Crippen molar-refractivity contribution < 1.29 is 13.6 Å². The lowest BCUT2D eigenvalue weighted by Crippen LogP contribution is -2.31. The van der Waals surface area contributed by atoms with Crippen LogP contribution in [0.3, 0.4) is 0 Å². The van der Waals surface area contributed by atoms with Crippen molar-refractivity contribution in [2.24, 2.45) is 0 Å². The molecule has 160 valence electrons. The van der Waals surface area contributed by atoms with Crippen molar-refractivity contribution >= 4 is 19.4 Å². The van der Waals surface area contributed by atoms with Gasteiger partial charge in [-0.15, -0.1) is 0 Å². The van der Waals surface area contributed by atoms with E-state index in [1.54, 1.807) is 0 Å². The van der Waals surface area contributed by atoms with Gasteiger partial charge in [0.2, 0.25) is 0 Å². The van der Waals surface area contributed by atoms with Crippen LogP contribution in [0.5, 0.6) is 0 Å². The fourth-order valence-corrected chi connectivity index (χ4v) is 6.30. The minimum atomic E-state index is -3.49. The van der Waals surface area contributed by atoms with Crippen LogP contribution in [-0.2, 0) is 20.2 Å². The molecule has 1 aliphatic rings. The maximum absolute atomic E-state index is 14.2. The summed E-state index contributed by atoms with van der Waals surface area (Å²) in [5, 5.41) is 0. The van der Waals surface area contributed by atoms with Gasteiger partial charge in [0.1, 0.15) is 0 Å². The highest BCUT2D eigenvalue weighted by molar-refractivity contribution is 7.54. The predicted molar refractivity (Wildman–Crippen MR) is 126 cm³/mol. The van der Waals surface area contributed by atoms with Crippen molar-refractivity contribution in [3.63, 3.8) is 0 Å². The minimum absolute atomic E-state index is 0.319. The monoisotopic (exact) mass is 433 g/mol. The van der Waals surface area contributed by atoms with Gasteiger partial charge < -0.3 is 13.9 Å². The van der Waals surface area contributed by atoms with Crippen molar-refractivity contribution in [3.8, 4) is 0 Å². The number of hydrogen-bond donors (Lipinski definition) is 0. The van der Waals surface area contributed by atoms with Crippen molar-refractivity contribution in [1.82, 2.24) is 4.90 Å². The Bertz CT molecular complexity index is 1070. The molecule has 0 aromatic heterocycles. The zero-order valence-corrected chi connectivity index (χ0v) is 18.9. The second kappa shape index (κ2) is 9.65. The molecule has 0 saturated heterocycles. The van der Waals surface area contributed by atoms with E-state index < -0.39 is 13.4 Å². The second-order valence-electron chi connectivity index (χ2n) is 7.39. The van der Waals surface area contributed by atoms with Gasteiger partial charge in [0.25, 0.3) is 0 Å². The molecule has 0 radical (unpaired) electrons. The van der Waals surface area contributed by atoms with Gasteiger partial charge in [0.15, 0.2) is 5.78 Å². The highest BCUT2D eigenvalue weighted by atomic mass is 31.2. The van der Waals surface area contributed by atoms with Gasteiger partial charge in [0, 0.05) is 12.2 Å². The fourth-order valence-electron chi connectivity index (χ4n) is 4.10. The van der Waals surface area contributed by atoms with Crippen molar-refractivity contribution in [2.45, 2.75) is 26.2 Å². The molecule has 0 aliphatic carbocycles. The Balaban J connectivity index is 1.92. The Morgan fingerprint density at radius 1 is 0.806 bits per heavy atom. The average molecular weight is 433 g/mol. The molecule has 1 aliphatic heterocycles. The summed E-state index contributed by atoms with van der Waals surface area (Å²) < 4.78 is 26.0. The number of benzene rings is 3. The van der Waals surface area contributed by atoms with Crippen molar-refractivity contribution in [3.05, 3.63) is 107 Å². The molecule has 1 unspecified atom stereocenters. The van der Waals surface area contributed by atoms with E-state index in [1.165, 1.54) is 0 Å². The van der Waals surface area contributed by atoms with E-state index in [4.69, 9.17) is 9.05 Å². The third kappa shape index (κ3) is 4.52. The molecular formula is C26H28NO3P. The van der Waals surface area contributed by atoms with E-state index in [1.807, 2.05) is 68.4 Å². The molecule has 1 atom stereocenters. The van der Waals surface area contributed by atoms with Crippen LogP contribution in [0.1, 0.15) is 41.9 Å². The highest BCUT2D eigenvalue weighted by Gasteiger charge is 2.44. The zero-order chi connectivity index (χ0) is 21.7. The first-order valence-electron chi connectivity index (χ1n) is 10.7. The molecule has 0 bridgehead atoms. The van der Waals surface area contributed by atoms with Crippen LogP contribution >= 0.6 is 7.60 Å². The molecule has 0 N–H and O–H groups in total. The number of hydrogen-bond acceptors (Lipinski definition) is 4. The SMILES string of the molecule is CCOP(=O)(OCC)C1c2ccccc2C=C(c2ccccc2)N1Cc1ccccc1. The Morgan fingerprint density at radius 2 is 1.39 bits per heavy atom. The smallest absolute Gasteiger partial charge is 0.349 e. The summed E-state index contributed by atoms with van der Waals surface area (Å²) in [6, 6.07) is 28.5. The van der Waals surface area contributed by atoms with Gasteiger partial charge in [-0.1, -0.05) is 84.9 Å². The first kappa shape index (κ1) is 21.6. The van der Waals surface area contributed by atoms with E-state index in [9.17, 15) is 4.57 Å². The number of rotatable bonds is 8. The van der Waals surface area contributed by atoms with Crippen LogP contribution in [0.25, 0.3) is 11.8 Å². The van der Waals surface area contributed by atoms with Crippen molar-refractivity contribution in [2.75, 3.05) is 13.2 Å². The predicted octanol–water partition coefficient (Wildman–Crippen LogP) is 6.97. The summed E-state index contributed by atoms with van der Waals surface area (Å²) in [6.45, 7) is 4.94. The molecule has 4 nitrogen and oxygen atoms in total. The first-order chi connectivity index (χ1) is 15.2. The third-order valence-corrected chi connectivity index (χ3v) is 7.75. The molecule has 1 heterocycles. The minimum Gasteiger partial charge on any atom is -0.349 e. The summed E-state index contributed by atoms with van der Waals surface area (Å²) in [6.07, 6.45) is 2.17. The summed E-state index contributed by atoms with van der Waals surface area (Å²) >= 11 is 0. The first-order valence-corrected chi connectivity index (χ1v) is 12.3. The summed E-state index contributed by atoms with van der Waals surface area (Å²) in [7, 11) is -3.49. The highest BCUT2D eigenvalue weighted by Crippen LogP contribution is 2.65. The molecule has 0 saturated carbocycles. The van der Waals surface area contributed by atoms with E-state index in [-0.39, 0.29) is 0 Å². The van der Waals surface area contributed by atoms with Crippen LogP contribution in [-0.4, -0.2) is 18.1 Å². The molecular weight excluding hydrogens is 405 g/mol. The topological polar surface area (TPSA) is 38.8 Å². The lowest BCUT2D eigenvalue weighted by atomic mass is 9.97.